The molecule has 0 amide bonds. The summed E-state index contributed by atoms with van der Waals surface area (Å²) < 4.78 is 5.79. The van der Waals surface area contributed by atoms with Crippen LogP contribution in [0.3, 0.4) is 0 Å². The quantitative estimate of drug-likeness (QED) is 0.411. The minimum Gasteiger partial charge on any atom is -0.468 e. The van der Waals surface area contributed by atoms with E-state index in [1.54, 1.807) is 18.5 Å². The van der Waals surface area contributed by atoms with Crippen molar-refractivity contribution in [1.82, 2.24) is 9.97 Å². The molecular formula is C26H22BrN3O3. The van der Waals surface area contributed by atoms with Crippen LogP contribution in [0.2, 0.25) is 0 Å². The molecule has 2 N–H and O–H groups in total. The third-order valence-electron chi connectivity index (χ3n) is 6.79. The Labute approximate surface area is 199 Å². The summed E-state index contributed by atoms with van der Waals surface area (Å²) in [5.41, 5.74) is 7.81. The van der Waals surface area contributed by atoms with E-state index >= 15 is 0 Å². The number of halogens is 1. The average molecular weight is 504 g/mol. The Kier molecular flexibility index (Phi) is 4.94. The van der Waals surface area contributed by atoms with Crippen LogP contribution in [-0.4, -0.2) is 39.1 Å². The van der Waals surface area contributed by atoms with Gasteiger partial charge in [0, 0.05) is 65.2 Å². The van der Waals surface area contributed by atoms with Gasteiger partial charge >= 0.3 is 0 Å². The number of carbonyl (C=O) groups is 2. The van der Waals surface area contributed by atoms with Crippen LogP contribution in [0, 0.1) is 5.92 Å². The SMILES string of the molecule is O=C1CC(=O)c2cc3occ[nH]c2/C1=C1\C=C2CC[C@H](CBr)/C(=N/CC3)C2=Cc2c[nH]cc21. The number of fused-ring (bicyclic) bond motifs is 4. The summed E-state index contributed by atoms with van der Waals surface area (Å²) in [7, 11) is 0. The molecule has 1 atom stereocenters. The number of nitrogens with zero attached hydrogens (tertiary/aromatic N) is 1. The van der Waals surface area contributed by atoms with Crippen LogP contribution in [0.1, 0.15) is 52.2 Å². The highest BCUT2D eigenvalue weighted by molar-refractivity contribution is 9.09. The van der Waals surface area contributed by atoms with Crippen LogP contribution in [0.4, 0.5) is 0 Å². The van der Waals surface area contributed by atoms with E-state index in [1.807, 2.05) is 12.4 Å². The Morgan fingerprint density at radius 3 is 2.91 bits per heavy atom. The number of aromatic nitrogens is 2. The molecule has 0 radical (unpaired) electrons. The Hall–Kier alpha value is -3.19. The summed E-state index contributed by atoms with van der Waals surface area (Å²) in [6, 6.07) is 1.78. The monoisotopic (exact) mass is 503 g/mol. The molecule has 33 heavy (non-hydrogen) atoms. The van der Waals surface area contributed by atoms with E-state index in [2.05, 4.69) is 38.0 Å². The number of alkyl halides is 1. The predicted octanol–water partition coefficient (Wildman–Crippen LogP) is 5.25. The number of nitrogens with one attached hydrogen (secondary N) is 2. The fraction of sp³-hybridized carbons (Fsp3) is 0.269. The second kappa shape index (κ2) is 7.99. The topological polar surface area (TPSA) is 91.2 Å². The summed E-state index contributed by atoms with van der Waals surface area (Å²) in [6.45, 7) is 0.555. The van der Waals surface area contributed by atoms with Gasteiger partial charge in [-0.1, -0.05) is 15.9 Å². The van der Waals surface area contributed by atoms with Crippen molar-refractivity contribution in [1.29, 1.82) is 0 Å². The molecule has 1 saturated carbocycles. The Morgan fingerprint density at radius 1 is 1.12 bits per heavy atom. The van der Waals surface area contributed by atoms with Gasteiger partial charge in [0.1, 0.15) is 12.0 Å². The fourth-order valence-electron chi connectivity index (χ4n) is 5.19. The summed E-state index contributed by atoms with van der Waals surface area (Å²) in [5, 5.41) is 0.846. The van der Waals surface area contributed by atoms with Gasteiger partial charge in [0.2, 0.25) is 0 Å². The highest BCUT2D eigenvalue weighted by Gasteiger charge is 2.34. The number of H-pyrrole nitrogens is 2. The lowest BCUT2D eigenvalue weighted by Gasteiger charge is -2.27. The van der Waals surface area contributed by atoms with Crippen molar-refractivity contribution in [2.75, 3.05) is 11.9 Å². The van der Waals surface area contributed by atoms with Gasteiger partial charge < -0.3 is 14.4 Å². The number of hydrogen-bond donors (Lipinski definition) is 2. The lowest BCUT2D eigenvalue weighted by atomic mass is 9.79. The Bertz CT molecular complexity index is 1380. The van der Waals surface area contributed by atoms with Gasteiger partial charge in [-0.05, 0) is 47.8 Å². The fourth-order valence-corrected chi connectivity index (χ4v) is 5.82. The van der Waals surface area contributed by atoms with Gasteiger partial charge in [0.25, 0.3) is 0 Å². The number of rotatable bonds is 1. The van der Waals surface area contributed by atoms with Crippen LogP contribution >= 0.6 is 15.9 Å². The van der Waals surface area contributed by atoms with Crippen molar-refractivity contribution in [2.24, 2.45) is 10.9 Å². The van der Waals surface area contributed by atoms with Crippen molar-refractivity contribution >= 4 is 50.4 Å². The minimum atomic E-state index is -0.197. The summed E-state index contributed by atoms with van der Waals surface area (Å²) >= 11 is 3.69. The third kappa shape index (κ3) is 3.33. The summed E-state index contributed by atoms with van der Waals surface area (Å²) in [5.74, 6) is 0.616. The molecule has 2 aromatic heterocycles. The smallest absolute Gasteiger partial charge is 0.173 e. The molecule has 0 saturated heterocycles. The van der Waals surface area contributed by atoms with E-state index in [0.717, 1.165) is 46.2 Å². The maximum Gasteiger partial charge on any atom is 0.173 e. The van der Waals surface area contributed by atoms with Crippen molar-refractivity contribution in [3.05, 3.63) is 76.3 Å². The molecule has 4 aliphatic rings. The molecule has 3 heterocycles. The summed E-state index contributed by atoms with van der Waals surface area (Å²) in [6.07, 6.45) is 13.7. The maximum atomic E-state index is 13.4. The Morgan fingerprint density at radius 2 is 2.03 bits per heavy atom. The van der Waals surface area contributed by atoms with E-state index < -0.39 is 0 Å². The number of carbonyl (C=O) groups excluding carboxylic acids is 2. The van der Waals surface area contributed by atoms with Gasteiger partial charge in [-0.2, -0.15) is 0 Å². The number of allylic oxidation sites excluding steroid dienone is 5. The van der Waals surface area contributed by atoms with Crippen molar-refractivity contribution < 1.29 is 14.0 Å². The molecule has 3 aliphatic carbocycles. The van der Waals surface area contributed by atoms with Crippen LogP contribution < -0.4 is 0 Å². The molecule has 7 heteroatoms. The number of aromatic amines is 2. The third-order valence-corrected chi connectivity index (χ3v) is 7.57. The van der Waals surface area contributed by atoms with Crippen molar-refractivity contribution in [3.8, 4) is 0 Å². The summed E-state index contributed by atoms with van der Waals surface area (Å²) in [4.78, 5) is 37.8. The zero-order chi connectivity index (χ0) is 22.5. The first-order valence-corrected chi connectivity index (χ1v) is 12.3. The van der Waals surface area contributed by atoms with Crippen LogP contribution in [0.15, 0.2) is 57.6 Å². The molecule has 0 spiro atoms. The van der Waals surface area contributed by atoms with Crippen LogP contribution in [-0.2, 0) is 11.2 Å². The number of aliphatic imine (C=N–C) groups is 1. The van der Waals surface area contributed by atoms with Crippen LogP contribution in [0.25, 0.3) is 17.2 Å². The molecule has 8 bridgehead atoms. The highest BCUT2D eigenvalue weighted by atomic mass is 79.9. The standard InChI is InChI=1S/C26H22BrN3O3/c27-11-15-2-1-14-7-19-21-13-28-12-16(21)8-18(14)25(15)29-4-3-17-9-20-22(31)10-23(32)24(19)26(20)30-5-6-33-17/h5-9,12-13,15,28,30H,1-4,10-11H2/b6-5?,17-9?,24-19+,29-25-/t15-/m1/s1. The van der Waals surface area contributed by atoms with E-state index in [4.69, 9.17) is 9.41 Å². The van der Waals surface area contributed by atoms with Gasteiger partial charge in [-0.25, -0.2) is 0 Å². The van der Waals surface area contributed by atoms with E-state index in [-0.39, 0.29) is 18.0 Å². The highest BCUT2D eigenvalue weighted by Crippen LogP contribution is 2.43. The maximum absolute atomic E-state index is 13.4. The minimum absolute atomic E-state index is 0.149. The molecular weight excluding hydrogens is 482 g/mol. The van der Waals surface area contributed by atoms with E-state index in [1.165, 1.54) is 5.57 Å². The number of ketones is 2. The molecule has 166 valence electrons. The predicted molar refractivity (Wildman–Crippen MR) is 131 cm³/mol. The number of Topliss-reactive ketones (excluding diaryl/α,β-unsaturated/α-hetero) is 2. The van der Waals surface area contributed by atoms with Gasteiger partial charge in [0.05, 0.1) is 17.7 Å². The van der Waals surface area contributed by atoms with Crippen LogP contribution in [0.5, 0.6) is 0 Å². The zero-order valence-corrected chi connectivity index (χ0v) is 19.5. The Balaban J connectivity index is 1.76. The molecule has 0 aromatic carbocycles. The van der Waals surface area contributed by atoms with Crippen molar-refractivity contribution in [3.63, 3.8) is 0 Å². The zero-order valence-electron chi connectivity index (χ0n) is 17.9. The second-order valence-corrected chi connectivity index (χ2v) is 9.38. The second-order valence-electron chi connectivity index (χ2n) is 8.73. The van der Waals surface area contributed by atoms with E-state index in [0.29, 0.717) is 41.5 Å². The molecule has 0 unspecified atom stereocenters. The first-order chi connectivity index (χ1) is 16.1. The van der Waals surface area contributed by atoms with Gasteiger partial charge in [0.15, 0.2) is 11.6 Å². The molecule has 6 nitrogen and oxygen atoms in total. The molecule has 2 aromatic rings. The van der Waals surface area contributed by atoms with Gasteiger partial charge in [-0.15, -0.1) is 0 Å². The first kappa shape index (κ1) is 20.4. The molecule has 1 fully saturated rings. The average Bonchev–Trinajstić information content (AvgIpc) is 3.18. The number of hydrogen-bond acceptors (Lipinski definition) is 4. The lowest BCUT2D eigenvalue weighted by molar-refractivity contribution is -0.113. The molecule has 6 rings (SSSR count). The van der Waals surface area contributed by atoms with Crippen molar-refractivity contribution in [2.45, 2.75) is 25.7 Å². The van der Waals surface area contributed by atoms with Gasteiger partial charge in [-0.3, -0.25) is 14.6 Å². The normalized spacial score (nSPS) is 25.0. The largest absolute Gasteiger partial charge is 0.468 e. The van der Waals surface area contributed by atoms with E-state index in [9.17, 15) is 9.59 Å². The first-order valence-electron chi connectivity index (χ1n) is 11.2. The molecule has 1 aliphatic heterocycles. The lowest BCUT2D eigenvalue weighted by Crippen LogP contribution is -2.25.